The Morgan fingerprint density at radius 3 is 1.40 bits per heavy atom. The largest absolute Gasteiger partial charge is 0.472 e. The van der Waals surface area contributed by atoms with Gasteiger partial charge in [0.1, 0.15) is 25.4 Å². The van der Waals surface area contributed by atoms with Gasteiger partial charge in [-0.25, -0.2) is 4.57 Å². The minimum Gasteiger partial charge on any atom is -0.462 e. The zero-order chi connectivity index (χ0) is 43.0. The highest BCUT2D eigenvalue weighted by Crippen LogP contribution is 2.43. The molecule has 344 valence electrons. The Balaban J connectivity index is 4.64. The van der Waals surface area contributed by atoms with Crippen LogP contribution in [0, 0.1) is 0 Å². The van der Waals surface area contributed by atoms with Gasteiger partial charge in [0.15, 0.2) is 6.10 Å². The lowest BCUT2D eigenvalue weighted by Crippen LogP contribution is -2.35. The van der Waals surface area contributed by atoms with Crippen molar-refractivity contribution < 1.29 is 52.2 Å². The maximum Gasteiger partial charge on any atom is 0.472 e. The lowest BCUT2D eigenvalue weighted by molar-refractivity contribution is -0.161. The second-order valence-corrected chi connectivity index (χ2v) is 17.5. The molecule has 0 aromatic carbocycles. The lowest BCUT2D eigenvalue weighted by Gasteiger charge is -2.20. The van der Waals surface area contributed by atoms with E-state index < -0.39 is 63.8 Å². The number of phosphoric ester groups is 1. The van der Waals surface area contributed by atoms with Crippen molar-refractivity contribution in [3.8, 4) is 0 Å². The number of aliphatic hydroxyl groups excluding tert-OH is 1. The molecular weight excluding hydrogens is 763 g/mol. The quantitative estimate of drug-likeness (QED) is 0.0195. The van der Waals surface area contributed by atoms with Crippen LogP contribution in [0.1, 0.15) is 213 Å². The number of nitrogens with two attached hydrogens (primary N) is 2. The summed E-state index contributed by atoms with van der Waals surface area (Å²) >= 11 is 0. The Bertz CT molecular complexity index is 1020. The van der Waals surface area contributed by atoms with Crippen LogP contribution in [0.25, 0.3) is 0 Å². The number of carbonyl (C=O) groups is 3. The normalized spacial score (nSPS) is 14.1. The van der Waals surface area contributed by atoms with Gasteiger partial charge in [0.2, 0.25) is 0 Å². The highest BCUT2D eigenvalue weighted by molar-refractivity contribution is 7.47. The van der Waals surface area contributed by atoms with Gasteiger partial charge < -0.3 is 35.7 Å². The first-order valence-electron chi connectivity index (χ1n) is 23.3. The molecule has 0 aromatic rings. The third kappa shape index (κ3) is 38.6. The molecule has 0 aliphatic rings. The number of aliphatic hydroxyl groups is 1. The molecule has 0 amide bonds. The molecular formula is C44H87N2O11P. The van der Waals surface area contributed by atoms with Crippen molar-refractivity contribution in [3.05, 3.63) is 0 Å². The first-order valence-corrected chi connectivity index (χ1v) is 24.8. The summed E-state index contributed by atoms with van der Waals surface area (Å²) in [6, 6.07) is -0.875. The number of esters is 3. The van der Waals surface area contributed by atoms with E-state index in [1.807, 2.05) is 0 Å². The standard InChI is InChI=1S/C44H87N2O11P/c1-3-5-7-9-11-13-15-17-18-20-21-23-25-27-32-42(48)53-37-40(57-43(49)33-28-26-24-22-19-16-14-12-10-8-6-4-2)38-56-58(51,52)55-36-39(47)35-54-44(50)41(46)31-29-30-34-45/h39-41,47H,3-38,45-46H2,1-2H3,(H,51,52)/t39?,40-,41+/m1/s1. The minimum absolute atomic E-state index is 0.162. The van der Waals surface area contributed by atoms with E-state index in [-0.39, 0.29) is 19.4 Å². The fourth-order valence-corrected chi connectivity index (χ4v) is 7.34. The fraction of sp³-hybridized carbons (Fsp3) is 0.932. The van der Waals surface area contributed by atoms with Crippen molar-refractivity contribution in [2.75, 3.05) is 33.0 Å². The van der Waals surface area contributed by atoms with Crippen molar-refractivity contribution in [1.29, 1.82) is 0 Å². The molecule has 2 unspecified atom stereocenters. The van der Waals surface area contributed by atoms with Gasteiger partial charge in [0.25, 0.3) is 0 Å². The van der Waals surface area contributed by atoms with E-state index in [2.05, 4.69) is 13.8 Å². The van der Waals surface area contributed by atoms with E-state index in [4.69, 9.17) is 34.7 Å². The number of carbonyl (C=O) groups excluding carboxylic acids is 3. The molecule has 0 bridgehead atoms. The number of rotatable bonds is 44. The summed E-state index contributed by atoms with van der Waals surface area (Å²) in [5.74, 6) is -1.68. The second-order valence-electron chi connectivity index (χ2n) is 16.0. The molecule has 58 heavy (non-hydrogen) atoms. The Kier molecular flexibility index (Phi) is 39.7. The molecule has 0 fully saturated rings. The van der Waals surface area contributed by atoms with Crippen LogP contribution in [0.5, 0.6) is 0 Å². The molecule has 0 aliphatic carbocycles. The Labute approximate surface area is 352 Å². The van der Waals surface area contributed by atoms with Crippen molar-refractivity contribution in [2.24, 2.45) is 11.5 Å². The third-order valence-corrected chi connectivity index (χ3v) is 11.2. The molecule has 4 atom stereocenters. The van der Waals surface area contributed by atoms with Crippen molar-refractivity contribution >= 4 is 25.7 Å². The van der Waals surface area contributed by atoms with Crippen molar-refractivity contribution in [1.82, 2.24) is 0 Å². The SMILES string of the molecule is CCCCCCCCCCCCCCCCC(=O)OC[C@H](COP(=O)(O)OCC(O)COC(=O)[C@@H](N)CCCCN)OC(=O)CCCCCCCCCCCCCC. The van der Waals surface area contributed by atoms with E-state index in [0.717, 1.165) is 38.5 Å². The topological polar surface area (TPSA) is 207 Å². The average Bonchev–Trinajstić information content (AvgIpc) is 3.20. The molecule has 0 heterocycles. The Morgan fingerprint density at radius 2 is 0.948 bits per heavy atom. The highest BCUT2D eigenvalue weighted by atomic mass is 31.2. The van der Waals surface area contributed by atoms with Crippen LogP contribution in [-0.4, -0.2) is 79.1 Å². The van der Waals surface area contributed by atoms with Gasteiger partial charge in [-0.2, -0.15) is 0 Å². The van der Waals surface area contributed by atoms with Crippen LogP contribution in [0.15, 0.2) is 0 Å². The van der Waals surface area contributed by atoms with Crippen LogP contribution in [-0.2, 0) is 42.2 Å². The van der Waals surface area contributed by atoms with Crippen LogP contribution in [0.3, 0.4) is 0 Å². The summed E-state index contributed by atoms with van der Waals surface area (Å²) in [6.07, 6.45) is 30.4. The van der Waals surface area contributed by atoms with E-state index in [9.17, 15) is 28.9 Å². The zero-order valence-corrected chi connectivity index (χ0v) is 37.8. The summed E-state index contributed by atoms with van der Waals surface area (Å²) in [5, 5.41) is 10.1. The molecule has 6 N–H and O–H groups in total. The molecule has 0 radical (unpaired) electrons. The van der Waals surface area contributed by atoms with Crippen molar-refractivity contribution in [2.45, 2.75) is 231 Å². The summed E-state index contributed by atoms with van der Waals surface area (Å²) in [6.45, 7) is 2.85. The summed E-state index contributed by atoms with van der Waals surface area (Å²) in [7, 11) is -4.74. The highest BCUT2D eigenvalue weighted by Gasteiger charge is 2.28. The summed E-state index contributed by atoms with van der Waals surface area (Å²) < 4.78 is 38.4. The average molecular weight is 851 g/mol. The van der Waals surface area contributed by atoms with Gasteiger partial charge in [-0.05, 0) is 32.2 Å². The Hall–Kier alpha value is -1.60. The van der Waals surface area contributed by atoms with Gasteiger partial charge in [-0.3, -0.25) is 23.4 Å². The van der Waals surface area contributed by atoms with E-state index >= 15 is 0 Å². The van der Waals surface area contributed by atoms with Crippen LogP contribution < -0.4 is 11.5 Å². The van der Waals surface area contributed by atoms with Gasteiger partial charge in [0.05, 0.1) is 13.2 Å². The minimum atomic E-state index is -4.74. The number of ether oxygens (including phenoxy) is 3. The predicted molar refractivity (Wildman–Crippen MR) is 231 cm³/mol. The molecule has 0 spiro atoms. The monoisotopic (exact) mass is 851 g/mol. The lowest BCUT2D eigenvalue weighted by atomic mass is 10.0. The molecule has 14 heteroatoms. The van der Waals surface area contributed by atoms with Crippen LogP contribution in [0.2, 0.25) is 0 Å². The van der Waals surface area contributed by atoms with E-state index in [0.29, 0.717) is 38.6 Å². The van der Waals surface area contributed by atoms with Crippen molar-refractivity contribution in [3.63, 3.8) is 0 Å². The molecule has 0 aliphatic heterocycles. The van der Waals surface area contributed by atoms with Crippen LogP contribution in [0.4, 0.5) is 0 Å². The molecule has 0 rings (SSSR count). The second kappa shape index (κ2) is 40.8. The van der Waals surface area contributed by atoms with Crippen LogP contribution >= 0.6 is 7.82 Å². The molecule has 0 saturated carbocycles. The van der Waals surface area contributed by atoms with Gasteiger partial charge in [0, 0.05) is 12.8 Å². The summed E-state index contributed by atoms with van der Waals surface area (Å²) in [4.78, 5) is 47.5. The van der Waals surface area contributed by atoms with Gasteiger partial charge in [-0.1, -0.05) is 174 Å². The van der Waals surface area contributed by atoms with E-state index in [1.165, 1.54) is 116 Å². The molecule has 0 aromatic heterocycles. The Morgan fingerprint density at radius 1 is 0.534 bits per heavy atom. The van der Waals surface area contributed by atoms with Gasteiger partial charge in [-0.15, -0.1) is 0 Å². The first-order chi connectivity index (χ1) is 28.0. The van der Waals surface area contributed by atoms with E-state index in [1.54, 1.807) is 0 Å². The smallest absolute Gasteiger partial charge is 0.462 e. The number of hydrogen-bond acceptors (Lipinski definition) is 12. The number of unbranched alkanes of at least 4 members (excludes halogenated alkanes) is 25. The zero-order valence-electron chi connectivity index (χ0n) is 36.9. The molecule has 13 nitrogen and oxygen atoms in total. The first kappa shape index (κ1) is 56.4. The van der Waals surface area contributed by atoms with Gasteiger partial charge >= 0.3 is 25.7 Å². The molecule has 0 saturated heterocycles. The number of hydrogen-bond donors (Lipinski definition) is 4. The summed E-state index contributed by atoms with van der Waals surface area (Å²) in [5.41, 5.74) is 11.2. The predicted octanol–water partition coefficient (Wildman–Crippen LogP) is 9.90. The number of phosphoric acid groups is 1. The maximum atomic E-state index is 12.7. The third-order valence-electron chi connectivity index (χ3n) is 10.2. The fourth-order valence-electron chi connectivity index (χ4n) is 6.55. The maximum absolute atomic E-state index is 12.7.